The number of aliphatic carboxylic acids is 1. The number of carbonyl (C=O) groups is 2. The first-order valence-electron chi connectivity index (χ1n) is 6.90. The molecule has 1 fully saturated rings. The van der Waals surface area contributed by atoms with Gasteiger partial charge in [-0.25, -0.2) is 4.79 Å². The molecule has 0 heterocycles. The molecule has 0 spiro atoms. The van der Waals surface area contributed by atoms with Crippen molar-refractivity contribution < 1.29 is 14.7 Å². The lowest BCUT2D eigenvalue weighted by atomic mass is 9.74. The minimum Gasteiger partial charge on any atom is -0.480 e. The summed E-state index contributed by atoms with van der Waals surface area (Å²) in [6.07, 6.45) is 6.21. The van der Waals surface area contributed by atoms with Crippen molar-refractivity contribution in [3.63, 3.8) is 0 Å². The first kappa shape index (κ1) is 15.0. The highest BCUT2D eigenvalue weighted by Crippen LogP contribution is 2.36. The Balaban J connectivity index is 2.74. The molecule has 2 N–H and O–H groups in total. The summed E-state index contributed by atoms with van der Waals surface area (Å²) in [7, 11) is 0. The van der Waals surface area contributed by atoms with Crippen LogP contribution in [0.15, 0.2) is 0 Å². The largest absolute Gasteiger partial charge is 0.480 e. The molecule has 1 rings (SSSR count). The Morgan fingerprint density at radius 2 is 1.83 bits per heavy atom. The van der Waals surface area contributed by atoms with Crippen LogP contribution in [-0.4, -0.2) is 22.5 Å². The zero-order chi connectivity index (χ0) is 13.8. The first-order chi connectivity index (χ1) is 8.34. The number of hydrogen-bond donors (Lipinski definition) is 2. The molecule has 0 aromatic rings. The normalized spacial score (nSPS) is 21.9. The number of hydrogen-bond acceptors (Lipinski definition) is 2. The van der Waals surface area contributed by atoms with Crippen molar-refractivity contribution in [2.75, 3.05) is 0 Å². The molecule has 1 unspecified atom stereocenters. The fourth-order valence-electron chi connectivity index (χ4n) is 2.68. The van der Waals surface area contributed by atoms with Crippen LogP contribution in [0.4, 0.5) is 0 Å². The zero-order valence-electron chi connectivity index (χ0n) is 11.7. The number of nitrogens with one attached hydrogen (secondary N) is 1. The number of carboxylic acid groups (broad SMARTS) is 1. The van der Waals surface area contributed by atoms with Gasteiger partial charge in [-0.05, 0) is 26.2 Å². The Morgan fingerprint density at radius 1 is 1.28 bits per heavy atom. The summed E-state index contributed by atoms with van der Waals surface area (Å²) in [4.78, 5) is 23.7. The minimum atomic E-state index is -1.13. The van der Waals surface area contributed by atoms with Gasteiger partial charge in [0.05, 0.1) is 0 Å². The Hall–Kier alpha value is -1.06. The van der Waals surface area contributed by atoms with Crippen LogP contribution in [0.25, 0.3) is 0 Å². The Labute approximate surface area is 109 Å². The zero-order valence-corrected chi connectivity index (χ0v) is 11.7. The smallest absolute Gasteiger partial charge is 0.329 e. The molecular weight excluding hydrogens is 230 g/mol. The number of rotatable bonds is 5. The summed E-state index contributed by atoms with van der Waals surface area (Å²) < 4.78 is 0. The summed E-state index contributed by atoms with van der Waals surface area (Å²) >= 11 is 0. The molecule has 1 amide bonds. The van der Waals surface area contributed by atoms with E-state index in [-0.39, 0.29) is 11.3 Å². The van der Waals surface area contributed by atoms with Crippen molar-refractivity contribution in [1.82, 2.24) is 5.32 Å². The van der Waals surface area contributed by atoms with Gasteiger partial charge in [0.15, 0.2) is 0 Å². The van der Waals surface area contributed by atoms with Crippen LogP contribution in [-0.2, 0) is 9.59 Å². The summed E-state index contributed by atoms with van der Waals surface area (Å²) in [6.45, 7) is 5.48. The molecule has 0 aromatic carbocycles. The molecule has 104 valence electrons. The molecule has 4 heteroatoms. The number of carboxylic acids is 1. The van der Waals surface area contributed by atoms with E-state index in [1.165, 1.54) is 6.42 Å². The highest BCUT2D eigenvalue weighted by molar-refractivity contribution is 5.89. The van der Waals surface area contributed by atoms with Gasteiger partial charge in [0.2, 0.25) is 5.91 Å². The number of amides is 1. The van der Waals surface area contributed by atoms with Gasteiger partial charge in [0, 0.05) is 5.41 Å². The average molecular weight is 255 g/mol. The molecule has 1 aliphatic rings. The van der Waals surface area contributed by atoms with Gasteiger partial charge in [-0.15, -0.1) is 0 Å². The molecule has 0 aromatic heterocycles. The van der Waals surface area contributed by atoms with Crippen LogP contribution in [0.1, 0.15) is 65.7 Å². The fraction of sp³-hybridized carbons (Fsp3) is 0.857. The molecule has 0 saturated heterocycles. The topological polar surface area (TPSA) is 66.4 Å². The highest BCUT2D eigenvalue weighted by atomic mass is 16.4. The Bertz CT molecular complexity index is 321. The molecule has 0 radical (unpaired) electrons. The maximum Gasteiger partial charge on any atom is 0.329 e. The maximum absolute atomic E-state index is 12.3. The Kier molecular flexibility index (Phi) is 4.77. The molecule has 4 nitrogen and oxygen atoms in total. The van der Waals surface area contributed by atoms with Gasteiger partial charge in [-0.2, -0.15) is 0 Å². The first-order valence-corrected chi connectivity index (χ1v) is 6.90. The third-order valence-corrected chi connectivity index (χ3v) is 4.12. The van der Waals surface area contributed by atoms with Gasteiger partial charge in [-0.1, -0.05) is 39.5 Å². The van der Waals surface area contributed by atoms with Gasteiger partial charge < -0.3 is 10.4 Å². The van der Waals surface area contributed by atoms with Crippen molar-refractivity contribution in [2.45, 2.75) is 71.3 Å². The van der Waals surface area contributed by atoms with Crippen molar-refractivity contribution in [2.24, 2.45) is 5.41 Å². The maximum atomic E-state index is 12.3. The summed E-state index contributed by atoms with van der Waals surface area (Å²) in [5.41, 5.74) is -1.52. The standard InChI is InChI=1S/C14H25NO3/c1-4-8-14(3,12(17)18)15-11(16)13(2)9-6-5-7-10-13/h4-10H2,1-3H3,(H,15,16)(H,17,18). The van der Waals surface area contributed by atoms with Gasteiger partial charge >= 0.3 is 5.97 Å². The third kappa shape index (κ3) is 3.24. The van der Waals surface area contributed by atoms with Crippen LogP contribution in [0.2, 0.25) is 0 Å². The summed E-state index contributed by atoms with van der Waals surface area (Å²) in [5.74, 6) is -1.04. The van der Waals surface area contributed by atoms with Crippen molar-refractivity contribution in [3.8, 4) is 0 Å². The molecule has 18 heavy (non-hydrogen) atoms. The fourth-order valence-corrected chi connectivity index (χ4v) is 2.68. The Morgan fingerprint density at radius 3 is 2.28 bits per heavy atom. The predicted molar refractivity (Wildman–Crippen MR) is 70.3 cm³/mol. The number of carbonyl (C=O) groups excluding carboxylic acids is 1. The van der Waals surface area contributed by atoms with E-state index in [2.05, 4.69) is 5.32 Å². The quantitative estimate of drug-likeness (QED) is 0.793. The van der Waals surface area contributed by atoms with E-state index < -0.39 is 11.5 Å². The van der Waals surface area contributed by atoms with Crippen molar-refractivity contribution >= 4 is 11.9 Å². The van der Waals surface area contributed by atoms with E-state index in [0.29, 0.717) is 6.42 Å². The van der Waals surface area contributed by atoms with Gasteiger partial charge in [-0.3, -0.25) is 4.79 Å². The lowest BCUT2D eigenvalue weighted by Gasteiger charge is -2.36. The SMILES string of the molecule is CCCC(C)(NC(=O)C1(C)CCCCC1)C(=O)O. The lowest BCUT2D eigenvalue weighted by Crippen LogP contribution is -2.56. The second-order valence-corrected chi connectivity index (χ2v) is 5.96. The van der Waals surface area contributed by atoms with Crippen LogP contribution in [0.3, 0.4) is 0 Å². The van der Waals surface area contributed by atoms with E-state index in [9.17, 15) is 14.7 Å². The monoisotopic (exact) mass is 255 g/mol. The van der Waals surface area contributed by atoms with E-state index in [1.807, 2.05) is 13.8 Å². The third-order valence-electron chi connectivity index (χ3n) is 4.12. The average Bonchev–Trinajstić information content (AvgIpc) is 2.30. The molecule has 1 saturated carbocycles. The summed E-state index contributed by atoms with van der Waals surface area (Å²) in [5, 5.41) is 12.0. The van der Waals surface area contributed by atoms with Crippen LogP contribution in [0, 0.1) is 5.41 Å². The predicted octanol–water partition coefficient (Wildman–Crippen LogP) is 2.72. The van der Waals surface area contributed by atoms with Crippen LogP contribution < -0.4 is 5.32 Å². The molecule has 0 aliphatic heterocycles. The van der Waals surface area contributed by atoms with E-state index >= 15 is 0 Å². The molecule has 0 bridgehead atoms. The van der Waals surface area contributed by atoms with Crippen molar-refractivity contribution in [1.29, 1.82) is 0 Å². The van der Waals surface area contributed by atoms with E-state index in [0.717, 1.165) is 32.1 Å². The van der Waals surface area contributed by atoms with Gasteiger partial charge in [0.25, 0.3) is 0 Å². The van der Waals surface area contributed by atoms with Crippen LogP contribution in [0.5, 0.6) is 0 Å². The summed E-state index contributed by atoms with van der Waals surface area (Å²) in [6, 6.07) is 0. The van der Waals surface area contributed by atoms with Gasteiger partial charge in [0.1, 0.15) is 5.54 Å². The van der Waals surface area contributed by atoms with E-state index in [4.69, 9.17) is 0 Å². The highest BCUT2D eigenvalue weighted by Gasteiger charge is 2.41. The lowest BCUT2D eigenvalue weighted by molar-refractivity contribution is -0.149. The van der Waals surface area contributed by atoms with Crippen LogP contribution >= 0.6 is 0 Å². The molecule has 1 atom stereocenters. The second kappa shape index (κ2) is 5.72. The molecule has 1 aliphatic carbocycles. The molecular formula is C14H25NO3. The second-order valence-electron chi connectivity index (χ2n) is 5.96. The van der Waals surface area contributed by atoms with E-state index in [1.54, 1.807) is 6.92 Å². The minimum absolute atomic E-state index is 0.0967. The van der Waals surface area contributed by atoms with Crippen molar-refractivity contribution in [3.05, 3.63) is 0 Å².